The highest BCUT2D eigenvalue weighted by Gasteiger charge is 2.19. The van der Waals surface area contributed by atoms with Crippen LogP contribution in [0.4, 0.5) is 0 Å². The number of benzene rings is 1. The summed E-state index contributed by atoms with van der Waals surface area (Å²) in [7, 11) is 1.63. The van der Waals surface area contributed by atoms with Gasteiger partial charge < -0.3 is 18.1 Å². The SMILES string of the molecule is COc1ccc2oc(-c3noc(-c4ccco4)n3)c(C)c2c1. The van der Waals surface area contributed by atoms with Crippen LogP contribution in [0.15, 0.2) is 50.0 Å². The number of furan rings is 2. The lowest BCUT2D eigenvalue weighted by atomic mass is 10.1. The molecule has 0 aliphatic heterocycles. The summed E-state index contributed by atoms with van der Waals surface area (Å²) in [6.07, 6.45) is 1.55. The van der Waals surface area contributed by atoms with Crippen LogP contribution in [-0.4, -0.2) is 17.3 Å². The fourth-order valence-electron chi connectivity index (χ4n) is 2.36. The van der Waals surface area contributed by atoms with Crippen molar-refractivity contribution in [3.05, 3.63) is 42.2 Å². The molecule has 0 saturated carbocycles. The van der Waals surface area contributed by atoms with Gasteiger partial charge in [0.1, 0.15) is 11.3 Å². The number of ether oxygens (including phenoxy) is 1. The molecule has 4 rings (SSSR count). The summed E-state index contributed by atoms with van der Waals surface area (Å²) < 4.78 is 21.5. The standard InChI is InChI=1S/C16H12N2O4/c1-9-11-8-10(19-2)5-6-12(11)21-14(9)15-17-16(22-18-15)13-4-3-7-20-13/h3-8H,1-2H3. The number of nitrogens with zero attached hydrogens (tertiary/aromatic N) is 2. The molecule has 0 saturated heterocycles. The molecule has 0 fully saturated rings. The van der Waals surface area contributed by atoms with Gasteiger partial charge in [-0.05, 0) is 37.3 Å². The number of aromatic nitrogens is 2. The van der Waals surface area contributed by atoms with E-state index in [9.17, 15) is 0 Å². The third-order valence-electron chi connectivity index (χ3n) is 3.50. The lowest BCUT2D eigenvalue weighted by molar-refractivity contribution is 0.414. The normalized spacial score (nSPS) is 11.2. The summed E-state index contributed by atoms with van der Waals surface area (Å²) >= 11 is 0. The Labute approximate surface area is 125 Å². The average molecular weight is 296 g/mol. The van der Waals surface area contributed by atoms with Crippen LogP contribution in [-0.2, 0) is 0 Å². The Morgan fingerprint density at radius 3 is 2.86 bits per heavy atom. The van der Waals surface area contributed by atoms with E-state index in [1.54, 1.807) is 25.5 Å². The Morgan fingerprint density at radius 2 is 2.09 bits per heavy atom. The molecular formula is C16H12N2O4. The van der Waals surface area contributed by atoms with Gasteiger partial charge >= 0.3 is 0 Å². The second-order valence-electron chi connectivity index (χ2n) is 4.82. The quantitative estimate of drug-likeness (QED) is 0.567. The van der Waals surface area contributed by atoms with Crippen LogP contribution >= 0.6 is 0 Å². The van der Waals surface area contributed by atoms with Crippen molar-refractivity contribution in [3.63, 3.8) is 0 Å². The lowest BCUT2D eigenvalue weighted by Gasteiger charge is -1.97. The van der Waals surface area contributed by atoms with Gasteiger partial charge in [0, 0.05) is 10.9 Å². The Hall–Kier alpha value is -3.02. The molecule has 3 heterocycles. The molecule has 0 aliphatic carbocycles. The van der Waals surface area contributed by atoms with E-state index in [1.165, 1.54) is 0 Å². The van der Waals surface area contributed by atoms with Crippen LogP contribution in [0.5, 0.6) is 5.75 Å². The van der Waals surface area contributed by atoms with E-state index in [-0.39, 0.29) is 0 Å². The molecule has 3 aromatic heterocycles. The molecule has 4 aromatic rings. The number of methoxy groups -OCH3 is 1. The van der Waals surface area contributed by atoms with Crippen molar-refractivity contribution >= 4 is 11.0 Å². The Bertz CT molecular complexity index is 935. The van der Waals surface area contributed by atoms with Gasteiger partial charge in [-0.1, -0.05) is 5.16 Å². The molecule has 0 atom stereocenters. The summed E-state index contributed by atoms with van der Waals surface area (Å²) in [5, 5.41) is 4.93. The van der Waals surface area contributed by atoms with Gasteiger partial charge in [0.05, 0.1) is 13.4 Å². The van der Waals surface area contributed by atoms with Crippen LogP contribution < -0.4 is 4.74 Å². The van der Waals surface area contributed by atoms with Gasteiger partial charge in [-0.15, -0.1) is 0 Å². The first kappa shape index (κ1) is 12.7. The van der Waals surface area contributed by atoms with E-state index in [4.69, 9.17) is 18.1 Å². The van der Waals surface area contributed by atoms with Crippen LogP contribution in [0, 0.1) is 6.92 Å². The fourth-order valence-corrected chi connectivity index (χ4v) is 2.36. The number of hydrogen-bond acceptors (Lipinski definition) is 6. The van der Waals surface area contributed by atoms with Gasteiger partial charge in [-0.25, -0.2) is 0 Å². The molecule has 0 spiro atoms. The molecule has 0 aliphatic rings. The van der Waals surface area contributed by atoms with Crippen molar-refractivity contribution in [1.29, 1.82) is 0 Å². The van der Waals surface area contributed by atoms with Gasteiger partial charge in [0.2, 0.25) is 5.82 Å². The van der Waals surface area contributed by atoms with Crippen LogP contribution in [0.2, 0.25) is 0 Å². The van der Waals surface area contributed by atoms with Crippen molar-refractivity contribution in [2.24, 2.45) is 0 Å². The van der Waals surface area contributed by atoms with Gasteiger partial charge in [-0.2, -0.15) is 4.98 Å². The van der Waals surface area contributed by atoms with E-state index in [0.29, 0.717) is 23.2 Å². The molecule has 0 unspecified atom stereocenters. The number of rotatable bonds is 3. The Balaban J connectivity index is 1.82. The predicted molar refractivity (Wildman–Crippen MR) is 78.5 cm³/mol. The Morgan fingerprint density at radius 1 is 1.18 bits per heavy atom. The topological polar surface area (TPSA) is 74.4 Å². The predicted octanol–water partition coefficient (Wildman–Crippen LogP) is 4.06. The molecule has 6 nitrogen and oxygen atoms in total. The van der Waals surface area contributed by atoms with E-state index in [1.807, 2.05) is 25.1 Å². The van der Waals surface area contributed by atoms with Crippen molar-refractivity contribution < 1.29 is 18.1 Å². The second-order valence-corrected chi connectivity index (χ2v) is 4.82. The summed E-state index contributed by atoms with van der Waals surface area (Å²) in [5.41, 5.74) is 1.68. The minimum Gasteiger partial charge on any atom is -0.497 e. The van der Waals surface area contributed by atoms with Gasteiger partial charge in [-0.3, -0.25) is 0 Å². The minimum atomic E-state index is 0.317. The molecule has 0 N–H and O–H groups in total. The summed E-state index contributed by atoms with van der Waals surface area (Å²) in [4.78, 5) is 4.33. The highest BCUT2D eigenvalue weighted by Crippen LogP contribution is 2.34. The highest BCUT2D eigenvalue weighted by molar-refractivity contribution is 5.87. The van der Waals surface area contributed by atoms with Crippen molar-refractivity contribution in [3.8, 4) is 29.0 Å². The van der Waals surface area contributed by atoms with E-state index < -0.39 is 0 Å². The van der Waals surface area contributed by atoms with Crippen molar-refractivity contribution in [2.45, 2.75) is 6.92 Å². The largest absolute Gasteiger partial charge is 0.497 e. The molecule has 6 heteroatoms. The third-order valence-corrected chi connectivity index (χ3v) is 3.50. The number of hydrogen-bond donors (Lipinski definition) is 0. The summed E-state index contributed by atoms with van der Waals surface area (Å²) in [6, 6.07) is 9.15. The number of aryl methyl sites for hydroxylation is 1. The monoisotopic (exact) mass is 296 g/mol. The first-order chi connectivity index (χ1) is 10.8. The number of fused-ring (bicyclic) bond motifs is 1. The molecule has 0 amide bonds. The smallest absolute Gasteiger partial charge is 0.294 e. The van der Waals surface area contributed by atoms with Gasteiger partial charge in [0.25, 0.3) is 5.89 Å². The maximum atomic E-state index is 5.84. The minimum absolute atomic E-state index is 0.317. The zero-order valence-electron chi connectivity index (χ0n) is 12.0. The second kappa shape index (κ2) is 4.77. The lowest BCUT2D eigenvalue weighted by Crippen LogP contribution is -1.82. The van der Waals surface area contributed by atoms with E-state index in [0.717, 1.165) is 22.3 Å². The van der Waals surface area contributed by atoms with Crippen molar-refractivity contribution in [2.75, 3.05) is 7.11 Å². The highest BCUT2D eigenvalue weighted by atomic mass is 16.5. The van der Waals surface area contributed by atoms with E-state index in [2.05, 4.69) is 10.1 Å². The van der Waals surface area contributed by atoms with Crippen LogP contribution in [0.3, 0.4) is 0 Å². The summed E-state index contributed by atoms with van der Waals surface area (Å²) in [5.74, 6) is 2.57. The zero-order chi connectivity index (χ0) is 15.1. The molecule has 1 aromatic carbocycles. The Kier molecular flexibility index (Phi) is 2.75. The molecular weight excluding hydrogens is 284 g/mol. The average Bonchev–Trinajstić information content (AvgIpc) is 3.26. The molecule has 110 valence electrons. The molecule has 0 radical (unpaired) electrons. The maximum Gasteiger partial charge on any atom is 0.294 e. The van der Waals surface area contributed by atoms with Crippen LogP contribution in [0.1, 0.15) is 5.56 Å². The van der Waals surface area contributed by atoms with Crippen molar-refractivity contribution in [1.82, 2.24) is 10.1 Å². The first-order valence-corrected chi connectivity index (χ1v) is 6.71. The van der Waals surface area contributed by atoms with Crippen LogP contribution in [0.25, 0.3) is 34.2 Å². The first-order valence-electron chi connectivity index (χ1n) is 6.71. The molecule has 22 heavy (non-hydrogen) atoms. The zero-order valence-corrected chi connectivity index (χ0v) is 12.0. The molecule has 0 bridgehead atoms. The fraction of sp³-hybridized carbons (Fsp3) is 0.125. The van der Waals surface area contributed by atoms with E-state index >= 15 is 0 Å². The third kappa shape index (κ3) is 1.88. The summed E-state index contributed by atoms with van der Waals surface area (Å²) in [6.45, 7) is 1.95. The maximum absolute atomic E-state index is 5.84. The van der Waals surface area contributed by atoms with Gasteiger partial charge in [0.15, 0.2) is 11.5 Å².